The summed E-state index contributed by atoms with van der Waals surface area (Å²) >= 11 is 3.05. The van der Waals surface area contributed by atoms with Crippen LogP contribution in [0.15, 0.2) is 36.1 Å². The number of nitrogens with zero attached hydrogens (tertiary/aromatic N) is 2. The van der Waals surface area contributed by atoms with Gasteiger partial charge in [-0.05, 0) is 29.9 Å². The molecule has 0 aliphatic carbocycles. The van der Waals surface area contributed by atoms with Gasteiger partial charge in [0.05, 0.1) is 5.75 Å². The molecular formula is C12H13N3OS2. The van der Waals surface area contributed by atoms with Gasteiger partial charge in [0.25, 0.3) is 0 Å². The lowest BCUT2D eigenvalue weighted by Gasteiger charge is -2.02. The zero-order valence-corrected chi connectivity index (χ0v) is 11.3. The van der Waals surface area contributed by atoms with Gasteiger partial charge in [-0.15, -0.1) is 11.3 Å². The Morgan fingerprint density at radius 2 is 2.17 bits per heavy atom. The molecule has 0 aliphatic rings. The number of pyridine rings is 1. The van der Waals surface area contributed by atoms with Crippen molar-refractivity contribution in [3.05, 3.63) is 41.7 Å². The normalized spacial score (nSPS) is 10.2. The summed E-state index contributed by atoms with van der Waals surface area (Å²) in [6, 6.07) is 3.99. The Morgan fingerprint density at radius 3 is 2.89 bits per heavy atom. The van der Waals surface area contributed by atoms with Crippen LogP contribution in [0.5, 0.6) is 0 Å². The number of aryl methyl sites for hydroxylation is 1. The molecule has 2 rings (SSSR count). The van der Waals surface area contributed by atoms with Crippen LogP contribution in [0.4, 0.5) is 5.13 Å². The number of aromatic nitrogens is 2. The zero-order chi connectivity index (χ0) is 12.6. The number of thioether (sulfide) groups is 1. The Bertz CT molecular complexity index is 473. The highest BCUT2D eigenvalue weighted by Crippen LogP contribution is 2.11. The maximum absolute atomic E-state index is 11.5. The molecule has 18 heavy (non-hydrogen) atoms. The summed E-state index contributed by atoms with van der Waals surface area (Å²) in [5.74, 6) is 1.39. The molecule has 0 bridgehead atoms. The van der Waals surface area contributed by atoms with Crippen molar-refractivity contribution in [2.75, 3.05) is 16.8 Å². The number of thiazole rings is 1. The fourth-order valence-electron chi connectivity index (χ4n) is 1.34. The maximum Gasteiger partial charge on any atom is 0.236 e. The van der Waals surface area contributed by atoms with Crippen LogP contribution in [-0.2, 0) is 11.2 Å². The van der Waals surface area contributed by atoms with Crippen molar-refractivity contribution in [1.29, 1.82) is 0 Å². The van der Waals surface area contributed by atoms with Crippen LogP contribution < -0.4 is 5.32 Å². The van der Waals surface area contributed by atoms with Crippen molar-refractivity contribution in [1.82, 2.24) is 9.97 Å². The Hall–Kier alpha value is -1.40. The maximum atomic E-state index is 11.5. The van der Waals surface area contributed by atoms with Crippen molar-refractivity contribution < 1.29 is 4.79 Å². The SMILES string of the molecule is O=C(CSCCc1ccncc1)Nc1nccs1. The third kappa shape index (κ3) is 4.46. The summed E-state index contributed by atoms with van der Waals surface area (Å²) in [5.41, 5.74) is 1.25. The summed E-state index contributed by atoms with van der Waals surface area (Å²) in [7, 11) is 0. The summed E-state index contributed by atoms with van der Waals surface area (Å²) in [6.07, 6.45) is 6.21. The van der Waals surface area contributed by atoms with Gasteiger partial charge in [0.15, 0.2) is 5.13 Å². The molecule has 0 radical (unpaired) electrons. The van der Waals surface area contributed by atoms with Crippen LogP contribution >= 0.6 is 23.1 Å². The van der Waals surface area contributed by atoms with E-state index in [9.17, 15) is 4.79 Å². The molecule has 94 valence electrons. The molecule has 0 fully saturated rings. The fraction of sp³-hybridized carbons (Fsp3) is 0.250. The minimum atomic E-state index is 0.00433. The highest BCUT2D eigenvalue weighted by atomic mass is 32.2. The monoisotopic (exact) mass is 279 g/mol. The van der Waals surface area contributed by atoms with E-state index in [1.807, 2.05) is 17.5 Å². The lowest BCUT2D eigenvalue weighted by molar-refractivity contribution is -0.113. The Kier molecular flexibility index (Phi) is 5.16. The second kappa shape index (κ2) is 7.13. The highest BCUT2D eigenvalue weighted by Gasteiger charge is 2.03. The molecule has 2 aromatic heterocycles. The number of nitrogens with one attached hydrogen (secondary N) is 1. The van der Waals surface area contributed by atoms with E-state index in [-0.39, 0.29) is 5.91 Å². The van der Waals surface area contributed by atoms with Gasteiger partial charge in [0, 0.05) is 24.0 Å². The number of hydrogen-bond donors (Lipinski definition) is 1. The summed E-state index contributed by atoms with van der Waals surface area (Å²) in [4.78, 5) is 19.5. The topological polar surface area (TPSA) is 54.9 Å². The van der Waals surface area contributed by atoms with Crippen LogP contribution in [0.3, 0.4) is 0 Å². The number of carbonyl (C=O) groups is 1. The second-order valence-electron chi connectivity index (χ2n) is 3.54. The van der Waals surface area contributed by atoms with E-state index < -0.39 is 0 Å². The van der Waals surface area contributed by atoms with Crippen LogP contribution in [0.25, 0.3) is 0 Å². The van der Waals surface area contributed by atoms with Crippen molar-refractivity contribution in [3.8, 4) is 0 Å². The second-order valence-corrected chi connectivity index (χ2v) is 5.54. The van der Waals surface area contributed by atoms with E-state index in [4.69, 9.17) is 0 Å². The largest absolute Gasteiger partial charge is 0.301 e. The van der Waals surface area contributed by atoms with Crippen LogP contribution in [-0.4, -0.2) is 27.4 Å². The highest BCUT2D eigenvalue weighted by molar-refractivity contribution is 7.99. The van der Waals surface area contributed by atoms with E-state index >= 15 is 0 Å². The van der Waals surface area contributed by atoms with Crippen molar-refractivity contribution >= 4 is 34.1 Å². The van der Waals surface area contributed by atoms with E-state index in [1.54, 1.807) is 30.4 Å². The van der Waals surface area contributed by atoms with Gasteiger partial charge in [-0.3, -0.25) is 9.78 Å². The van der Waals surface area contributed by atoms with Gasteiger partial charge in [0.2, 0.25) is 5.91 Å². The molecule has 6 heteroatoms. The van der Waals surface area contributed by atoms with Crippen LogP contribution in [0.1, 0.15) is 5.56 Å². The molecule has 4 nitrogen and oxygen atoms in total. The first kappa shape index (κ1) is 13.0. The first-order valence-corrected chi connectivity index (χ1v) is 7.54. The first-order chi connectivity index (χ1) is 8.84. The van der Waals surface area contributed by atoms with Crippen molar-refractivity contribution in [2.24, 2.45) is 0 Å². The molecule has 0 aromatic carbocycles. The smallest absolute Gasteiger partial charge is 0.236 e. The molecule has 2 heterocycles. The van der Waals surface area contributed by atoms with Gasteiger partial charge in [0.1, 0.15) is 0 Å². The molecular weight excluding hydrogens is 266 g/mol. The zero-order valence-electron chi connectivity index (χ0n) is 9.70. The third-order valence-electron chi connectivity index (χ3n) is 2.20. The Morgan fingerprint density at radius 1 is 1.33 bits per heavy atom. The molecule has 0 aliphatic heterocycles. The number of rotatable bonds is 6. The first-order valence-electron chi connectivity index (χ1n) is 5.50. The van der Waals surface area contributed by atoms with Gasteiger partial charge in [-0.2, -0.15) is 11.8 Å². The summed E-state index contributed by atoms with van der Waals surface area (Å²) < 4.78 is 0. The number of amides is 1. The van der Waals surface area contributed by atoms with Gasteiger partial charge in [-0.25, -0.2) is 4.98 Å². The minimum Gasteiger partial charge on any atom is -0.301 e. The fourth-order valence-corrected chi connectivity index (χ4v) is 2.67. The van der Waals surface area contributed by atoms with Gasteiger partial charge in [-0.1, -0.05) is 0 Å². The molecule has 0 spiro atoms. The minimum absolute atomic E-state index is 0.00433. The quantitative estimate of drug-likeness (QED) is 0.825. The number of hydrogen-bond acceptors (Lipinski definition) is 5. The van der Waals surface area contributed by atoms with Crippen LogP contribution in [0, 0.1) is 0 Å². The summed E-state index contributed by atoms with van der Waals surface area (Å²) in [5, 5.41) is 5.26. The molecule has 0 saturated heterocycles. The van der Waals surface area contributed by atoms with E-state index in [0.29, 0.717) is 10.9 Å². The van der Waals surface area contributed by atoms with Crippen molar-refractivity contribution in [3.63, 3.8) is 0 Å². The Balaban J connectivity index is 1.62. The van der Waals surface area contributed by atoms with Gasteiger partial charge >= 0.3 is 0 Å². The van der Waals surface area contributed by atoms with Crippen molar-refractivity contribution in [2.45, 2.75) is 6.42 Å². The molecule has 0 unspecified atom stereocenters. The molecule has 2 aromatic rings. The molecule has 1 N–H and O–H groups in total. The van der Waals surface area contributed by atoms with E-state index in [1.165, 1.54) is 16.9 Å². The average molecular weight is 279 g/mol. The van der Waals surface area contributed by atoms with Crippen LogP contribution in [0.2, 0.25) is 0 Å². The summed E-state index contributed by atoms with van der Waals surface area (Å²) in [6.45, 7) is 0. The molecule has 1 amide bonds. The standard InChI is InChI=1S/C12H13N3OS2/c16-11(15-12-14-6-8-18-12)9-17-7-3-10-1-4-13-5-2-10/h1-2,4-6,8H,3,7,9H2,(H,14,15,16). The van der Waals surface area contributed by atoms with E-state index in [2.05, 4.69) is 15.3 Å². The molecule has 0 atom stereocenters. The third-order valence-corrected chi connectivity index (χ3v) is 3.84. The van der Waals surface area contributed by atoms with E-state index in [0.717, 1.165) is 12.2 Å². The number of anilines is 1. The average Bonchev–Trinajstić information content (AvgIpc) is 2.89. The predicted octanol–water partition coefficient (Wildman–Crippen LogP) is 2.45. The van der Waals surface area contributed by atoms with Gasteiger partial charge < -0.3 is 5.32 Å². The lowest BCUT2D eigenvalue weighted by Crippen LogP contribution is -2.14. The lowest BCUT2D eigenvalue weighted by atomic mass is 10.2. The predicted molar refractivity (Wildman–Crippen MR) is 76.0 cm³/mol. The number of carbonyl (C=O) groups excluding carboxylic acids is 1. The molecule has 0 saturated carbocycles. The Labute approximate surface area is 114 Å².